The summed E-state index contributed by atoms with van der Waals surface area (Å²) in [6.45, 7) is 1.27. The molecule has 1 aromatic rings. The van der Waals surface area contributed by atoms with E-state index in [2.05, 4.69) is 4.18 Å². The van der Waals surface area contributed by atoms with Crippen LogP contribution in [0.25, 0.3) is 0 Å². The summed E-state index contributed by atoms with van der Waals surface area (Å²) in [7, 11) is -2.77. The Morgan fingerprint density at radius 2 is 2.00 bits per heavy atom. The molecule has 0 unspecified atom stereocenters. The Hall–Kier alpha value is -1.06. The van der Waals surface area contributed by atoms with Crippen LogP contribution in [0.5, 0.6) is 0 Å². The largest absolute Gasteiger partial charge is 0.359 e. The number of hydrogen-bond donors (Lipinski definition) is 1. The highest BCUT2D eigenvalue weighted by molar-refractivity contribution is 7.84. The van der Waals surface area contributed by atoms with Crippen molar-refractivity contribution in [3.05, 3.63) is 35.6 Å². The van der Waals surface area contributed by atoms with Gasteiger partial charge in [-0.25, -0.2) is 9.53 Å². The molecule has 19 heavy (non-hydrogen) atoms. The fourth-order valence-corrected chi connectivity index (χ4v) is 2.11. The lowest BCUT2D eigenvalue weighted by Gasteiger charge is -2.23. The van der Waals surface area contributed by atoms with E-state index in [1.54, 1.807) is 6.07 Å². The predicted octanol–water partition coefficient (Wildman–Crippen LogP) is 1.10. The molecule has 0 amide bonds. The molecule has 0 saturated heterocycles. The third kappa shape index (κ3) is 5.21. The van der Waals surface area contributed by atoms with Crippen molar-refractivity contribution in [2.45, 2.75) is 19.1 Å². The third-order valence-corrected chi connectivity index (χ3v) is 2.86. The molecule has 0 spiro atoms. The molecule has 2 atom stereocenters. The first-order chi connectivity index (χ1) is 8.85. The van der Waals surface area contributed by atoms with E-state index in [4.69, 9.17) is 14.6 Å². The normalized spacial score (nSPS) is 15.2. The van der Waals surface area contributed by atoms with Gasteiger partial charge in [-0.15, -0.1) is 0 Å². The first kappa shape index (κ1) is 16.0. The molecule has 8 heteroatoms. The number of methoxy groups -OCH3 is 1. The first-order valence-corrected chi connectivity index (χ1v) is 6.88. The van der Waals surface area contributed by atoms with Crippen LogP contribution in [0.1, 0.15) is 18.6 Å². The lowest BCUT2D eigenvalue weighted by molar-refractivity contribution is -0.105. The number of nitrogens with two attached hydrogens (primary N) is 1. The Kier molecular flexibility index (Phi) is 5.83. The molecule has 108 valence electrons. The highest BCUT2D eigenvalue weighted by Gasteiger charge is 2.26. The van der Waals surface area contributed by atoms with Crippen LogP contribution in [0, 0.1) is 5.82 Å². The van der Waals surface area contributed by atoms with Gasteiger partial charge in [-0.05, 0) is 13.0 Å². The third-order valence-electron chi connectivity index (χ3n) is 2.29. The lowest BCUT2D eigenvalue weighted by Crippen LogP contribution is -2.29. The average molecular weight is 293 g/mol. The molecule has 0 radical (unpaired) electrons. The quantitative estimate of drug-likeness (QED) is 0.760. The smallest absolute Gasteiger partial charge is 0.333 e. The second kappa shape index (κ2) is 6.92. The molecule has 0 aliphatic heterocycles. The van der Waals surface area contributed by atoms with Crippen LogP contribution in [0.3, 0.4) is 0 Å². The van der Waals surface area contributed by atoms with Crippen molar-refractivity contribution in [3.63, 3.8) is 0 Å². The van der Waals surface area contributed by atoms with Crippen LogP contribution < -0.4 is 5.14 Å². The summed E-state index contributed by atoms with van der Waals surface area (Å²) >= 11 is 0. The predicted molar refractivity (Wildman–Crippen MR) is 65.8 cm³/mol. The summed E-state index contributed by atoms with van der Waals surface area (Å²) in [5, 5.41) is 4.79. The Morgan fingerprint density at radius 1 is 1.37 bits per heavy atom. The van der Waals surface area contributed by atoms with E-state index >= 15 is 0 Å². The fraction of sp³-hybridized carbons (Fsp3) is 0.455. The second-order valence-electron chi connectivity index (χ2n) is 3.81. The molecule has 0 fully saturated rings. The molecule has 0 aromatic heterocycles. The van der Waals surface area contributed by atoms with Crippen molar-refractivity contribution < 1.29 is 26.5 Å². The van der Waals surface area contributed by atoms with Gasteiger partial charge < -0.3 is 9.47 Å². The summed E-state index contributed by atoms with van der Waals surface area (Å²) in [5.74, 6) is -0.534. The maximum absolute atomic E-state index is 13.7. The van der Waals surface area contributed by atoms with Gasteiger partial charge in [0.2, 0.25) is 0 Å². The topological polar surface area (TPSA) is 87.8 Å². The first-order valence-electron chi connectivity index (χ1n) is 5.41. The summed E-state index contributed by atoms with van der Waals surface area (Å²) in [5.41, 5.74) is 0.163. The van der Waals surface area contributed by atoms with Gasteiger partial charge in [0, 0.05) is 12.7 Å². The van der Waals surface area contributed by atoms with Gasteiger partial charge in [-0.3, -0.25) is 4.18 Å². The molecule has 0 aliphatic rings. The second-order valence-corrected chi connectivity index (χ2v) is 4.99. The van der Waals surface area contributed by atoms with Crippen molar-refractivity contribution >= 4 is 10.3 Å². The molecule has 1 rings (SSSR count). The lowest BCUT2D eigenvalue weighted by atomic mass is 10.0. The van der Waals surface area contributed by atoms with E-state index in [9.17, 15) is 12.8 Å². The molecule has 0 aliphatic carbocycles. The van der Waals surface area contributed by atoms with E-state index in [-0.39, 0.29) is 12.4 Å². The maximum atomic E-state index is 13.7. The van der Waals surface area contributed by atoms with Crippen LogP contribution in [0.15, 0.2) is 24.3 Å². The van der Waals surface area contributed by atoms with Gasteiger partial charge in [0.25, 0.3) is 0 Å². The molecule has 0 bridgehead atoms. The zero-order valence-electron chi connectivity index (χ0n) is 10.6. The van der Waals surface area contributed by atoms with Gasteiger partial charge in [0.15, 0.2) is 0 Å². The summed E-state index contributed by atoms with van der Waals surface area (Å²) in [6.07, 6.45) is -1.96. The van der Waals surface area contributed by atoms with Crippen LogP contribution in [0.2, 0.25) is 0 Å². The van der Waals surface area contributed by atoms with E-state index in [0.29, 0.717) is 0 Å². The van der Waals surface area contributed by atoms with Crippen molar-refractivity contribution in [1.29, 1.82) is 0 Å². The van der Waals surface area contributed by atoms with Crippen molar-refractivity contribution in [1.82, 2.24) is 0 Å². The van der Waals surface area contributed by atoms with Crippen LogP contribution in [-0.4, -0.2) is 28.4 Å². The van der Waals surface area contributed by atoms with Gasteiger partial charge in [0.1, 0.15) is 24.8 Å². The Bertz CT molecular complexity index is 508. The number of hydrogen-bond acceptors (Lipinski definition) is 5. The van der Waals surface area contributed by atoms with Gasteiger partial charge >= 0.3 is 10.3 Å². The standard InChI is InChI=1S/C11H16FNO5S/c1-8(18-19(13,14)15)11(17-7-16-2)9-5-3-4-6-10(9)12/h3-6,8,11H,7H2,1-2H3,(H2,13,14,15)/t8-,11+/m0/s1. The molecule has 6 nitrogen and oxygen atoms in total. The number of halogens is 1. The van der Waals surface area contributed by atoms with Gasteiger partial charge in [-0.2, -0.15) is 8.42 Å². The number of ether oxygens (including phenoxy) is 2. The van der Waals surface area contributed by atoms with E-state index in [1.165, 1.54) is 32.2 Å². The van der Waals surface area contributed by atoms with Crippen LogP contribution in [-0.2, 0) is 24.0 Å². The maximum Gasteiger partial charge on any atom is 0.333 e. The minimum atomic E-state index is -4.16. The van der Waals surface area contributed by atoms with E-state index < -0.39 is 28.3 Å². The van der Waals surface area contributed by atoms with Crippen molar-refractivity contribution in [3.8, 4) is 0 Å². The SMILES string of the molecule is COCO[C@@H](c1ccccc1F)[C@H](C)OS(N)(=O)=O. The molecule has 2 N–H and O–H groups in total. The molecular weight excluding hydrogens is 277 g/mol. The number of benzene rings is 1. The van der Waals surface area contributed by atoms with Gasteiger partial charge in [-0.1, -0.05) is 18.2 Å². The monoisotopic (exact) mass is 293 g/mol. The van der Waals surface area contributed by atoms with E-state index in [0.717, 1.165) is 0 Å². The van der Waals surface area contributed by atoms with Crippen LogP contribution >= 0.6 is 0 Å². The summed E-state index contributed by atoms with van der Waals surface area (Å²) in [6, 6.07) is 5.82. The Morgan fingerprint density at radius 3 is 2.53 bits per heavy atom. The highest BCUT2D eigenvalue weighted by atomic mass is 32.2. The highest BCUT2D eigenvalue weighted by Crippen LogP contribution is 2.26. The molecule has 0 heterocycles. The molecule has 0 saturated carbocycles. The van der Waals surface area contributed by atoms with Crippen LogP contribution in [0.4, 0.5) is 4.39 Å². The van der Waals surface area contributed by atoms with Crippen molar-refractivity contribution in [2.24, 2.45) is 5.14 Å². The molecule has 1 aromatic carbocycles. The minimum Gasteiger partial charge on any atom is -0.359 e. The Balaban J connectivity index is 2.97. The molecular formula is C11H16FNO5S. The minimum absolute atomic E-state index is 0.142. The fourth-order valence-electron chi connectivity index (χ4n) is 1.59. The average Bonchev–Trinajstić information content (AvgIpc) is 2.29. The van der Waals surface area contributed by atoms with Crippen molar-refractivity contribution in [2.75, 3.05) is 13.9 Å². The summed E-state index contributed by atoms with van der Waals surface area (Å²) < 4.78 is 50.1. The van der Waals surface area contributed by atoms with E-state index in [1.807, 2.05) is 0 Å². The van der Waals surface area contributed by atoms with Gasteiger partial charge in [0.05, 0.1) is 0 Å². The zero-order chi connectivity index (χ0) is 14.5. The zero-order valence-corrected chi connectivity index (χ0v) is 11.4. The number of rotatable bonds is 7. The Labute approximate surface area is 111 Å². The summed E-state index contributed by atoms with van der Waals surface area (Å²) in [4.78, 5) is 0.